The molecule has 0 spiro atoms. The summed E-state index contributed by atoms with van der Waals surface area (Å²) in [7, 11) is 5.25. The van der Waals surface area contributed by atoms with E-state index in [4.69, 9.17) is 5.73 Å². The lowest BCUT2D eigenvalue weighted by molar-refractivity contribution is -0.114. The number of carbonyl (C=O) groups excluding carboxylic acids is 1. The SMILES string of the molecule is Nc1ccc(NCC(=O)Nc2ccc(P)c(P)c2)nc1. The summed E-state index contributed by atoms with van der Waals surface area (Å²) in [6.07, 6.45) is 1.54. The van der Waals surface area contributed by atoms with Crippen molar-refractivity contribution < 1.29 is 4.79 Å². The van der Waals surface area contributed by atoms with Crippen LogP contribution >= 0.6 is 18.5 Å². The van der Waals surface area contributed by atoms with Gasteiger partial charge in [0.15, 0.2) is 0 Å². The van der Waals surface area contributed by atoms with Crippen molar-refractivity contribution in [2.45, 2.75) is 0 Å². The number of amides is 1. The summed E-state index contributed by atoms with van der Waals surface area (Å²) in [4.78, 5) is 15.9. The zero-order chi connectivity index (χ0) is 14.5. The second kappa shape index (κ2) is 6.65. The van der Waals surface area contributed by atoms with Gasteiger partial charge in [0, 0.05) is 5.69 Å². The highest BCUT2D eigenvalue weighted by Gasteiger charge is 2.04. The van der Waals surface area contributed by atoms with E-state index in [9.17, 15) is 4.79 Å². The van der Waals surface area contributed by atoms with Crippen LogP contribution in [0.4, 0.5) is 17.2 Å². The van der Waals surface area contributed by atoms with E-state index in [0.717, 1.165) is 16.3 Å². The molecule has 1 amide bonds. The third kappa shape index (κ3) is 4.16. The molecule has 4 N–H and O–H groups in total. The lowest BCUT2D eigenvalue weighted by atomic mass is 10.3. The smallest absolute Gasteiger partial charge is 0.243 e. The molecule has 2 rings (SSSR count). The average molecular weight is 306 g/mol. The molecule has 104 valence electrons. The van der Waals surface area contributed by atoms with E-state index in [1.165, 1.54) is 0 Å². The summed E-state index contributed by atoms with van der Waals surface area (Å²) in [6, 6.07) is 9.14. The Bertz CT molecular complexity index is 616. The summed E-state index contributed by atoms with van der Waals surface area (Å²) < 4.78 is 0. The van der Waals surface area contributed by atoms with Gasteiger partial charge in [0.2, 0.25) is 5.91 Å². The Morgan fingerprint density at radius 2 is 2.00 bits per heavy atom. The van der Waals surface area contributed by atoms with Crippen LogP contribution in [-0.2, 0) is 4.79 Å². The van der Waals surface area contributed by atoms with Gasteiger partial charge in [-0.2, -0.15) is 0 Å². The van der Waals surface area contributed by atoms with Crippen molar-refractivity contribution in [3.8, 4) is 0 Å². The Balaban J connectivity index is 1.89. The van der Waals surface area contributed by atoms with Crippen molar-refractivity contribution in [2.24, 2.45) is 0 Å². The van der Waals surface area contributed by atoms with E-state index in [-0.39, 0.29) is 12.5 Å². The lowest BCUT2D eigenvalue weighted by Gasteiger charge is -2.09. The molecule has 0 radical (unpaired) electrons. The number of anilines is 3. The number of aromatic nitrogens is 1. The first kappa shape index (κ1) is 14.7. The van der Waals surface area contributed by atoms with E-state index < -0.39 is 0 Å². The average Bonchev–Trinajstić information content (AvgIpc) is 2.42. The molecule has 0 saturated carbocycles. The van der Waals surface area contributed by atoms with Crippen LogP contribution in [0.5, 0.6) is 0 Å². The normalized spacial score (nSPS) is 10.1. The summed E-state index contributed by atoms with van der Waals surface area (Å²) in [5, 5.41) is 7.85. The van der Waals surface area contributed by atoms with Crippen LogP contribution in [-0.4, -0.2) is 17.4 Å². The van der Waals surface area contributed by atoms with E-state index in [1.807, 2.05) is 18.2 Å². The molecule has 0 saturated heterocycles. The third-order valence-electron chi connectivity index (χ3n) is 2.59. The monoisotopic (exact) mass is 306 g/mol. The molecule has 1 aromatic heterocycles. The van der Waals surface area contributed by atoms with Crippen molar-refractivity contribution in [3.05, 3.63) is 36.5 Å². The number of hydrogen-bond donors (Lipinski definition) is 3. The summed E-state index contributed by atoms with van der Waals surface area (Å²) in [5.41, 5.74) is 6.89. The molecular weight excluding hydrogens is 290 g/mol. The van der Waals surface area contributed by atoms with Gasteiger partial charge in [-0.15, -0.1) is 18.5 Å². The van der Waals surface area contributed by atoms with Gasteiger partial charge >= 0.3 is 0 Å². The fourth-order valence-electron chi connectivity index (χ4n) is 1.54. The number of nitrogens with zero attached hydrogens (tertiary/aromatic N) is 1. The van der Waals surface area contributed by atoms with E-state index in [1.54, 1.807) is 18.3 Å². The number of hydrogen-bond acceptors (Lipinski definition) is 4. The topological polar surface area (TPSA) is 80.0 Å². The zero-order valence-corrected chi connectivity index (χ0v) is 13.1. The number of pyridine rings is 1. The van der Waals surface area contributed by atoms with Gasteiger partial charge in [0.1, 0.15) is 5.82 Å². The van der Waals surface area contributed by atoms with Gasteiger partial charge in [-0.25, -0.2) is 4.98 Å². The number of rotatable bonds is 4. The summed E-state index contributed by atoms with van der Waals surface area (Å²) >= 11 is 0. The summed E-state index contributed by atoms with van der Waals surface area (Å²) in [6.45, 7) is 0.145. The van der Waals surface area contributed by atoms with E-state index in [0.29, 0.717) is 11.5 Å². The lowest BCUT2D eigenvalue weighted by Crippen LogP contribution is -2.23. The molecule has 0 aliphatic carbocycles. The maximum absolute atomic E-state index is 11.8. The molecule has 1 aromatic carbocycles. The predicted molar refractivity (Wildman–Crippen MR) is 90.9 cm³/mol. The van der Waals surface area contributed by atoms with Crippen LogP contribution < -0.4 is 27.0 Å². The summed E-state index contributed by atoms with van der Waals surface area (Å²) in [5.74, 6) is 0.478. The van der Waals surface area contributed by atoms with Crippen LogP contribution in [0.25, 0.3) is 0 Å². The minimum Gasteiger partial charge on any atom is -0.397 e. The van der Waals surface area contributed by atoms with Crippen molar-refractivity contribution in [3.63, 3.8) is 0 Å². The first-order valence-corrected chi connectivity index (χ1v) is 7.10. The van der Waals surface area contributed by atoms with Crippen molar-refractivity contribution in [1.29, 1.82) is 0 Å². The Labute approximate surface area is 122 Å². The van der Waals surface area contributed by atoms with Crippen molar-refractivity contribution in [2.75, 3.05) is 22.9 Å². The van der Waals surface area contributed by atoms with Gasteiger partial charge in [-0.05, 0) is 34.9 Å². The van der Waals surface area contributed by atoms with Gasteiger partial charge in [-0.3, -0.25) is 4.79 Å². The highest BCUT2D eigenvalue weighted by Crippen LogP contribution is 2.07. The second-order valence-corrected chi connectivity index (χ2v) is 5.47. The quantitative estimate of drug-likeness (QED) is 0.727. The molecule has 0 aliphatic heterocycles. The van der Waals surface area contributed by atoms with Gasteiger partial charge in [0.25, 0.3) is 0 Å². The fraction of sp³-hybridized carbons (Fsp3) is 0.0769. The molecule has 0 bridgehead atoms. The Hall–Kier alpha value is -1.70. The molecule has 2 unspecified atom stereocenters. The zero-order valence-electron chi connectivity index (χ0n) is 10.8. The molecule has 5 nitrogen and oxygen atoms in total. The highest BCUT2D eigenvalue weighted by atomic mass is 31.0. The number of nitrogen functional groups attached to an aromatic ring is 1. The number of nitrogens with one attached hydrogen (secondary N) is 2. The second-order valence-electron chi connectivity index (χ2n) is 4.22. The van der Waals surface area contributed by atoms with Crippen LogP contribution in [0.2, 0.25) is 0 Å². The molecule has 1 heterocycles. The van der Waals surface area contributed by atoms with Gasteiger partial charge in [-0.1, -0.05) is 6.07 Å². The predicted octanol–water partition coefficient (Wildman–Crippen LogP) is 0.715. The van der Waals surface area contributed by atoms with Crippen LogP contribution in [0.3, 0.4) is 0 Å². The maximum Gasteiger partial charge on any atom is 0.243 e. The first-order chi connectivity index (χ1) is 9.54. The number of carbonyl (C=O) groups is 1. The van der Waals surface area contributed by atoms with E-state index in [2.05, 4.69) is 34.1 Å². The number of benzene rings is 1. The molecule has 2 aromatic rings. The standard InChI is InChI=1S/C13H16N4OP2/c14-8-1-4-12(15-6-8)16-7-13(18)17-9-2-3-10(19)11(20)5-9/h1-6H,7,14,19-20H2,(H,15,16)(H,17,18). The minimum absolute atomic E-state index is 0.135. The fourth-order valence-corrected chi connectivity index (χ4v) is 1.99. The van der Waals surface area contributed by atoms with Gasteiger partial charge < -0.3 is 16.4 Å². The largest absolute Gasteiger partial charge is 0.397 e. The Morgan fingerprint density at radius 1 is 1.20 bits per heavy atom. The first-order valence-electron chi connectivity index (χ1n) is 5.95. The molecule has 0 aliphatic rings. The van der Waals surface area contributed by atoms with E-state index >= 15 is 0 Å². The molecule has 7 heteroatoms. The molecule has 20 heavy (non-hydrogen) atoms. The third-order valence-corrected chi connectivity index (χ3v) is 3.95. The Morgan fingerprint density at radius 3 is 2.65 bits per heavy atom. The molecule has 0 fully saturated rings. The molecular formula is C13H16N4OP2. The van der Waals surface area contributed by atoms with Crippen molar-refractivity contribution in [1.82, 2.24) is 4.98 Å². The van der Waals surface area contributed by atoms with Crippen LogP contribution in [0.15, 0.2) is 36.5 Å². The van der Waals surface area contributed by atoms with Crippen LogP contribution in [0, 0.1) is 0 Å². The van der Waals surface area contributed by atoms with Gasteiger partial charge in [0.05, 0.1) is 18.4 Å². The highest BCUT2D eigenvalue weighted by molar-refractivity contribution is 7.35. The minimum atomic E-state index is -0.135. The maximum atomic E-state index is 11.8. The van der Waals surface area contributed by atoms with Crippen molar-refractivity contribution >= 4 is 52.2 Å². The Kier molecular flexibility index (Phi) is 4.89. The number of nitrogens with two attached hydrogens (primary N) is 1. The molecule has 2 atom stereocenters. The van der Waals surface area contributed by atoms with Crippen LogP contribution in [0.1, 0.15) is 0 Å².